The molecule has 26 heavy (non-hydrogen) atoms. The molecule has 0 atom stereocenters. The number of benzene rings is 3. The first-order valence-corrected chi connectivity index (χ1v) is 8.49. The quantitative estimate of drug-likeness (QED) is 0.429. The number of carbonyl (C=O) groups excluding carboxylic acids is 1. The van der Waals surface area contributed by atoms with Crippen LogP contribution in [0.5, 0.6) is 0 Å². The van der Waals surface area contributed by atoms with Crippen molar-refractivity contribution in [3.8, 4) is 11.3 Å². The first-order chi connectivity index (χ1) is 12.7. The second-order valence-corrected chi connectivity index (χ2v) is 6.40. The van der Waals surface area contributed by atoms with Crippen LogP contribution in [-0.2, 0) is 0 Å². The largest absolute Gasteiger partial charge is 0.274 e. The summed E-state index contributed by atoms with van der Waals surface area (Å²) in [7, 11) is 0. The van der Waals surface area contributed by atoms with Crippen LogP contribution >= 0.6 is 0 Å². The second-order valence-electron chi connectivity index (χ2n) is 6.40. The fourth-order valence-corrected chi connectivity index (χ4v) is 3.57. The van der Waals surface area contributed by atoms with E-state index < -0.39 is 0 Å². The molecule has 4 nitrogen and oxygen atoms in total. The van der Waals surface area contributed by atoms with Gasteiger partial charge in [-0.15, -0.1) is 10.2 Å². The van der Waals surface area contributed by atoms with E-state index >= 15 is 0 Å². The number of fused-ring (bicyclic) bond motifs is 4. The lowest BCUT2D eigenvalue weighted by Crippen LogP contribution is -2.06. The number of hydrogen-bond acceptors (Lipinski definition) is 3. The number of aromatic nitrogens is 3. The van der Waals surface area contributed by atoms with Gasteiger partial charge in [-0.25, -0.2) is 0 Å². The summed E-state index contributed by atoms with van der Waals surface area (Å²) in [5, 5.41) is 13.1. The lowest BCUT2D eigenvalue weighted by atomic mass is 10.0. The number of nitrogens with zero attached hydrogens (tertiary/aromatic N) is 3. The van der Waals surface area contributed by atoms with Gasteiger partial charge in [0.15, 0.2) is 5.65 Å². The van der Waals surface area contributed by atoms with Crippen molar-refractivity contribution in [1.29, 1.82) is 0 Å². The fraction of sp³-hybridized carbons (Fsp3) is 0.0455. The van der Waals surface area contributed by atoms with Crippen LogP contribution in [0, 0.1) is 0 Å². The van der Waals surface area contributed by atoms with Gasteiger partial charge >= 0.3 is 0 Å². The van der Waals surface area contributed by atoms with Crippen molar-refractivity contribution in [2.45, 2.75) is 6.92 Å². The molecule has 2 heterocycles. The SMILES string of the molecule is CC(=O)n1c2ccccc2c2cc(-c3ccc4ccccc4c3)nnc21. The lowest BCUT2D eigenvalue weighted by Gasteiger charge is -2.04. The average molecular weight is 337 g/mol. The highest BCUT2D eigenvalue weighted by Crippen LogP contribution is 2.30. The minimum atomic E-state index is -0.0658. The van der Waals surface area contributed by atoms with E-state index in [-0.39, 0.29) is 5.91 Å². The van der Waals surface area contributed by atoms with Gasteiger partial charge in [-0.05, 0) is 29.0 Å². The summed E-state index contributed by atoms with van der Waals surface area (Å²) in [6.45, 7) is 1.55. The molecule has 0 N–H and O–H groups in total. The van der Waals surface area contributed by atoms with Crippen molar-refractivity contribution >= 4 is 38.6 Å². The van der Waals surface area contributed by atoms with E-state index in [1.54, 1.807) is 11.5 Å². The van der Waals surface area contributed by atoms with Gasteiger partial charge in [0, 0.05) is 23.3 Å². The Morgan fingerprint density at radius 3 is 2.42 bits per heavy atom. The van der Waals surface area contributed by atoms with Gasteiger partial charge in [0.2, 0.25) is 5.91 Å². The maximum absolute atomic E-state index is 12.1. The van der Waals surface area contributed by atoms with Gasteiger partial charge in [0.1, 0.15) is 0 Å². The van der Waals surface area contributed by atoms with Crippen molar-refractivity contribution in [1.82, 2.24) is 14.8 Å². The Bertz CT molecular complexity index is 1320. The average Bonchev–Trinajstić information content (AvgIpc) is 3.01. The summed E-state index contributed by atoms with van der Waals surface area (Å²) in [5.41, 5.74) is 3.27. The van der Waals surface area contributed by atoms with Gasteiger partial charge in [0.25, 0.3) is 0 Å². The Morgan fingerprint density at radius 1 is 0.808 bits per heavy atom. The minimum absolute atomic E-state index is 0.0658. The molecular weight excluding hydrogens is 322 g/mol. The highest BCUT2D eigenvalue weighted by Gasteiger charge is 2.16. The summed E-state index contributed by atoms with van der Waals surface area (Å²) in [6.07, 6.45) is 0. The van der Waals surface area contributed by atoms with Crippen LogP contribution < -0.4 is 0 Å². The van der Waals surface area contributed by atoms with Crippen molar-refractivity contribution in [2.24, 2.45) is 0 Å². The van der Waals surface area contributed by atoms with Crippen LogP contribution in [0.15, 0.2) is 72.8 Å². The van der Waals surface area contributed by atoms with E-state index in [4.69, 9.17) is 0 Å². The van der Waals surface area contributed by atoms with Gasteiger partial charge in [-0.1, -0.05) is 54.6 Å². The second kappa shape index (κ2) is 5.49. The minimum Gasteiger partial charge on any atom is -0.274 e. The Balaban J connectivity index is 1.79. The Labute approximate surface area is 149 Å². The molecule has 0 spiro atoms. The van der Waals surface area contributed by atoms with Crippen molar-refractivity contribution in [3.05, 3.63) is 72.8 Å². The number of para-hydroxylation sites is 1. The Hall–Kier alpha value is -3.53. The van der Waals surface area contributed by atoms with Crippen LogP contribution in [0.1, 0.15) is 11.7 Å². The van der Waals surface area contributed by atoms with Gasteiger partial charge < -0.3 is 0 Å². The first-order valence-electron chi connectivity index (χ1n) is 8.49. The summed E-state index contributed by atoms with van der Waals surface area (Å²) in [4.78, 5) is 12.1. The molecule has 0 unspecified atom stereocenters. The van der Waals surface area contributed by atoms with E-state index in [9.17, 15) is 4.79 Å². The monoisotopic (exact) mass is 337 g/mol. The molecule has 5 rings (SSSR count). The molecule has 0 bridgehead atoms. The van der Waals surface area contributed by atoms with Crippen molar-refractivity contribution < 1.29 is 4.79 Å². The number of hydrogen-bond donors (Lipinski definition) is 0. The maximum Gasteiger partial charge on any atom is 0.229 e. The molecule has 0 fully saturated rings. The molecule has 2 aromatic heterocycles. The van der Waals surface area contributed by atoms with E-state index in [1.807, 2.05) is 42.5 Å². The molecule has 0 radical (unpaired) electrons. The molecule has 0 aliphatic rings. The molecule has 0 amide bonds. The maximum atomic E-state index is 12.1. The topological polar surface area (TPSA) is 47.8 Å². The third-order valence-corrected chi connectivity index (χ3v) is 4.78. The summed E-state index contributed by atoms with van der Waals surface area (Å²) >= 11 is 0. The van der Waals surface area contributed by atoms with Crippen LogP contribution in [0.25, 0.3) is 44.0 Å². The first kappa shape index (κ1) is 14.8. The van der Waals surface area contributed by atoms with E-state index in [2.05, 4.69) is 40.5 Å². The third kappa shape index (κ3) is 2.12. The van der Waals surface area contributed by atoms with Crippen LogP contribution in [0.2, 0.25) is 0 Å². The smallest absolute Gasteiger partial charge is 0.229 e. The Morgan fingerprint density at radius 2 is 1.58 bits per heavy atom. The van der Waals surface area contributed by atoms with Gasteiger partial charge in [-0.3, -0.25) is 9.36 Å². The molecule has 3 aromatic carbocycles. The molecule has 124 valence electrons. The third-order valence-electron chi connectivity index (χ3n) is 4.78. The summed E-state index contributed by atoms with van der Waals surface area (Å²) < 4.78 is 1.63. The van der Waals surface area contributed by atoms with Gasteiger partial charge in [-0.2, -0.15) is 0 Å². The van der Waals surface area contributed by atoms with E-state index in [1.165, 1.54) is 5.39 Å². The number of carbonyl (C=O) groups is 1. The normalized spacial score (nSPS) is 11.4. The molecule has 0 saturated heterocycles. The van der Waals surface area contributed by atoms with E-state index in [0.717, 1.165) is 32.9 Å². The van der Waals surface area contributed by atoms with Crippen LogP contribution in [0.4, 0.5) is 0 Å². The molecule has 0 aliphatic heterocycles. The molecule has 4 heteroatoms. The predicted molar refractivity (Wildman–Crippen MR) is 104 cm³/mol. The zero-order chi connectivity index (χ0) is 17.7. The highest BCUT2D eigenvalue weighted by atomic mass is 16.1. The molecular formula is C22H15N3O. The summed E-state index contributed by atoms with van der Waals surface area (Å²) in [6, 6.07) is 24.4. The molecule has 5 aromatic rings. The standard InChI is InChI=1S/C22H15N3O/c1-14(26)25-21-9-5-4-8-18(21)19-13-20(23-24-22(19)25)17-11-10-15-6-2-3-7-16(15)12-17/h2-13H,1H3. The lowest BCUT2D eigenvalue weighted by molar-refractivity contribution is 0.0945. The zero-order valence-corrected chi connectivity index (χ0v) is 14.2. The molecule has 0 saturated carbocycles. The van der Waals surface area contributed by atoms with E-state index in [0.29, 0.717) is 5.65 Å². The van der Waals surface area contributed by atoms with Crippen molar-refractivity contribution in [2.75, 3.05) is 0 Å². The zero-order valence-electron chi connectivity index (χ0n) is 14.2. The highest BCUT2D eigenvalue weighted by molar-refractivity contribution is 6.12. The van der Waals surface area contributed by atoms with Crippen LogP contribution in [0.3, 0.4) is 0 Å². The molecule has 0 aliphatic carbocycles. The number of rotatable bonds is 1. The summed E-state index contributed by atoms with van der Waals surface area (Å²) in [5.74, 6) is -0.0658. The fourth-order valence-electron chi connectivity index (χ4n) is 3.57. The van der Waals surface area contributed by atoms with Crippen LogP contribution in [-0.4, -0.2) is 20.7 Å². The Kier molecular flexibility index (Phi) is 3.12. The van der Waals surface area contributed by atoms with Gasteiger partial charge in [0.05, 0.1) is 11.2 Å². The van der Waals surface area contributed by atoms with Crippen molar-refractivity contribution in [3.63, 3.8) is 0 Å². The predicted octanol–water partition coefficient (Wildman–Crippen LogP) is 5.06.